The number of pyridine rings is 2. The van der Waals surface area contributed by atoms with Crippen LogP contribution in [0.1, 0.15) is 35.3 Å². The van der Waals surface area contributed by atoms with Crippen LogP contribution in [0.5, 0.6) is 0 Å². The van der Waals surface area contributed by atoms with Gasteiger partial charge in [-0.3, -0.25) is 19.6 Å². The molecular weight excluding hydrogens is 472 g/mol. The average Bonchev–Trinajstić information content (AvgIpc) is 3.18. The van der Waals surface area contributed by atoms with Gasteiger partial charge in [0.05, 0.1) is 11.9 Å². The number of rotatable bonds is 6. The van der Waals surface area contributed by atoms with E-state index in [1.165, 1.54) is 18.4 Å². The van der Waals surface area contributed by atoms with Crippen LogP contribution in [0.2, 0.25) is 5.02 Å². The Labute approximate surface area is 218 Å². The SMILES string of the molecule is O=C(Nc1cccnc1)c1cccc(N2CCCN(C3CCN(Cc4ccccc4Cl)CC3)CC2)n1. The highest BCUT2D eigenvalue weighted by molar-refractivity contribution is 6.31. The summed E-state index contributed by atoms with van der Waals surface area (Å²) in [5.41, 5.74) is 2.30. The minimum absolute atomic E-state index is 0.218. The predicted octanol–water partition coefficient (Wildman–Crippen LogP) is 4.56. The van der Waals surface area contributed by atoms with Crippen LogP contribution in [-0.4, -0.2) is 71.0 Å². The minimum Gasteiger partial charge on any atom is -0.355 e. The first-order chi connectivity index (χ1) is 17.7. The maximum Gasteiger partial charge on any atom is 0.274 e. The van der Waals surface area contributed by atoms with Gasteiger partial charge in [-0.2, -0.15) is 0 Å². The van der Waals surface area contributed by atoms with Crippen LogP contribution in [0.3, 0.4) is 0 Å². The van der Waals surface area contributed by atoms with E-state index >= 15 is 0 Å². The summed E-state index contributed by atoms with van der Waals surface area (Å²) in [4.78, 5) is 28.9. The molecule has 2 fully saturated rings. The van der Waals surface area contributed by atoms with Crippen molar-refractivity contribution >= 4 is 29.0 Å². The number of benzene rings is 1. The van der Waals surface area contributed by atoms with Crippen LogP contribution in [0.15, 0.2) is 67.0 Å². The van der Waals surface area contributed by atoms with E-state index in [0.29, 0.717) is 17.4 Å². The molecule has 2 saturated heterocycles. The Hall–Kier alpha value is -3.00. The Balaban J connectivity index is 1.14. The summed E-state index contributed by atoms with van der Waals surface area (Å²) >= 11 is 6.37. The minimum atomic E-state index is -0.218. The van der Waals surface area contributed by atoms with Gasteiger partial charge in [0.2, 0.25) is 0 Å². The number of piperidine rings is 1. The lowest BCUT2D eigenvalue weighted by molar-refractivity contribution is 0.102. The largest absolute Gasteiger partial charge is 0.355 e. The molecule has 0 radical (unpaired) electrons. The van der Waals surface area contributed by atoms with Crippen LogP contribution in [0.4, 0.5) is 11.5 Å². The Morgan fingerprint density at radius 1 is 0.944 bits per heavy atom. The third kappa shape index (κ3) is 6.22. The molecule has 7 nitrogen and oxygen atoms in total. The zero-order valence-electron chi connectivity index (χ0n) is 20.5. The van der Waals surface area contributed by atoms with Crippen molar-refractivity contribution in [3.8, 4) is 0 Å². The van der Waals surface area contributed by atoms with Crippen molar-refractivity contribution in [1.82, 2.24) is 19.8 Å². The van der Waals surface area contributed by atoms with Crippen LogP contribution in [0, 0.1) is 0 Å². The van der Waals surface area contributed by atoms with Gasteiger partial charge < -0.3 is 10.2 Å². The summed E-state index contributed by atoms with van der Waals surface area (Å²) in [7, 11) is 0. The molecule has 1 N–H and O–H groups in total. The number of hydrogen-bond acceptors (Lipinski definition) is 6. The first kappa shape index (κ1) is 24.7. The van der Waals surface area contributed by atoms with Gasteiger partial charge in [0.15, 0.2) is 0 Å². The van der Waals surface area contributed by atoms with Gasteiger partial charge in [-0.1, -0.05) is 35.9 Å². The standard InChI is InChI=1S/C28H33ClN6O/c29-25-8-2-1-6-22(25)21-33-16-11-24(12-17-33)34-14-5-15-35(19-18-34)27-10-3-9-26(32-27)28(36)31-23-7-4-13-30-20-23/h1-4,6-10,13,20,24H,5,11-12,14-19,21H2,(H,31,36). The fourth-order valence-corrected chi connectivity index (χ4v) is 5.39. The molecule has 2 aliphatic heterocycles. The molecule has 0 unspecified atom stereocenters. The molecule has 36 heavy (non-hydrogen) atoms. The zero-order valence-corrected chi connectivity index (χ0v) is 21.3. The second-order valence-electron chi connectivity index (χ2n) is 9.55. The number of anilines is 2. The molecule has 0 aliphatic carbocycles. The molecule has 3 aromatic rings. The van der Waals surface area contributed by atoms with Gasteiger partial charge in [-0.15, -0.1) is 0 Å². The average molecular weight is 505 g/mol. The van der Waals surface area contributed by atoms with E-state index in [1.54, 1.807) is 24.5 Å². The van der Waals surface area contributed by atoms with E-state index in [1.807, 2.05) is 30.3 Å². The molecule has 0 spiro atoms. The zero-order chi connectivity index (χ0) is 24.7. The molecule has 0 saturated carbocycles. The number of aromatic nitrogens is 2. The molecule has 4 heterocycles. The summed E-state index contributed by atoms with van der Waals surface area (Å²) in [6.07, 6.45) is 6.78. The predicted molar refractivity (Wildman–Crippen MR) is 145 cm³/mol. The molecule has 2 aliphatic rings. The van der Waals surface area contributed by atoms with Crippen LogP contribution in [-0.2, 0) is 6.54 Å². The second-order valence-corrected chi connectivity index (χ2v) is 9.96. The lowest BCUT2D eigenvalue weighted by atomic mass is 10.0. The monoisotopic (exact) mass is 504 g/mol. The number of amides is 1. The highest BCUT2D eigenvalue weighted by Gasteiger charge is 2.27. The van der Waals surface area contributed by atoms with Crippen molar-refractivity contribution in [3.63, 3.8) is 0 Å². The highest BCUT2D eigenvalue weighted by Crippen LogP contribution is 2.23. The number of halogens is 1. The molecule has 5 rings (SSSR count). The third-order valence-electron chi connectivity index (χ3n) is 7.17. The maximum absolute atomic E-state index is 12.7. The number of nitrogens with zero attached hydrogens (tertiary/aromatic N) is 5. The van der Waals surface area contributed by atoms with Crippen molar-refractivity contribution in [2.45, 2.75) is 31.8 Å². The maximum atomic E-state index is 12.7. The first-order valence-corrected chi connectivity index (χ1v) is 13.2. The molecular formula is C28H33ClN6O. The Kier molecular flexibility index (Phi) is 8.11. The van der Waals surface area contributed by atoms with Crippen LogP contribution < -0.4 is 10.2 Å². The van der Waals surface area contributed by atoms with E-state index < -0.39 is 0 Å². The number of carbonyl (C=O) groups excluding carboxylic acids is 1. The summed E-state index contributed by atoms with van der Waals surface area (Å²) in [6.45, 7) is 7.12. The first-order valence-electron chi connectivity index (χ1n) is 12.8. The number of nitrogens with one attached hydrogen (secondary N) is 1. The summed E-state index contributed by atoms with van der Waals surface area (Å²) in [6, 6.07) is 18.1. The number of carbonyl (C=O) groups is 1. The second kappa shape index (κ2) is 11.8. The van der Waals surface area contributed by atoms with Crippen LogP contribution >= 0.6 is 11.6 Å². The highest BCUT2D eigenvalue weighted by atomic mass is 35.5. The fraction of sp³-hybridized carbons (Fsp3) is 0.393. The molecule has 1 amide bonds. The molecule has 188 valence electrons. The Bertz CT molecular complexity index is 1150. The molecule has 2 aromatic heterocycles. The van der Waals surface area contributed by atoms with Crippen molar-refractivity contribution in [2.75, 3.05) is 49.5 Å². The Morgan fingerprint density at radius 2 is 1.81 bits per heavy atom. The van der Waals surface area contributed by atoms with Gasteiger partial charge in [-0.05, 0) is 68.2 Å². The van der Waals surface area contributed by atoms with Gasteiger partial charge in [0.25, 0.3) is 5.91 Å². The van der Waals surface area contributed by atoms with E-state index in [9.17, 15) is 4.79 Å². The van der Waals surface area contributed by atoms with Gasteiger partial charge in [0, 0.05) is 50.0 Å². The summed E-state index contributed by atoms with van der Waals surface area (Å²) in [5, 5.41) is 3.73. The molecule has 0 bridgehead atoms. The third-order valence-corrected chi connectivity index (χ3v) is 7.53. The quantitative estimate of drug-likeness (QED) is 0.531. The lowest BCUT2D eigenvalue weighted by Gasteiger charge is -2.38. The van der Waals surface area contributed by atoms with Crippen molar-refractivity contribution < 1.29 is 4.79 Å². The number of likely N-dealkylation sites (tertiary alicyclic amines) is 1. The smallest absolute Gasteiger partial charge is 0.274 e. The lowest BCUT2D eigenvalue weighted by Crippen LogP contribution is -2.46. The van der Waals surface area contributed by atoms with E-state index in [-0.39, 0.29) is 5.91 Å². The van der Waals surface area contributed by atoms with Gasteiger partial charge in [0.1, 0.15) is 11.5 Å². The van der Waals surface area contributed by atoms with Gasteiger partial charge >= 0.3 is 0 Å². The van der Waals surface area contributed by atoms with Crippen molar-refractivity contribution in [1.29, 1.82) is 0 Å². The molecule has 0 atom stereocenters. The van der Waals surface area contributed by atoms with Crippen LogP contribution in [0.25, 0.3) is 0 Å². The summed E-state index contributed by atoms with van der Waals surface area (Å²) < 4.78 is 0. The van der Waals surface area contributed by atoms with E-state index in [4.69, 9.17) is 11.6 Å². The van der Waals surface area contributed by atoms with Gasteiger partial charge in [-0.25, -0.2) is 4.98 Å². The molecule has 1 aromatic carbocycles. The van der Waals surface area contributed by atoms with E-state index in [2.05, 4.69) is 42.1 Å². The van der Waals surface area contributed by atoms with Crippen molar-refractivity contribution in [2.24, 2.45) is 0 Å². The topological polar surface area (TPSA) is 64.6 Å². The van der Waals surface area contributed by atoms with Crippen molar-refractivity contribution in [3.05, 3.63) is 83.3 Å². The summed E-state index contributed by atoms with van der Waals surface area (Å²) in [5.74, 6) is 0.648. The normalized spacial score (nSPS) is 18.1. The fourth-order valence-electron chi connectivity index (χ4n) is 5.20. The molecule has 8 heteroatoms. The Morgan fingerprint density at radius 3 is 2.61 bits per heavy atom. The van der Waals surface area contributed by atoms with E-state index in [0.717, 1.165) is 63.1 Å². The number of hydrogen-bond donors (Lipinski definition) is 1.